The van der Waals surface area contributed by atoms with E-state index in [1.807, 2.05) is 0 Å². The lowest BCUT2D eigenvalue weighted by molar-refractivity contribution is -0.136. The average Bonchev–Trinajstić information content (AvgIpc) is 3.01. The molecular weight excluding hydrogens is 375 g/mol. The van der Waals surface area contributed by atoms with Gasteiger partial charge in [-0.3, -0.25) is 24.6 Å². The van der Waals surface area contributed by atoms with Gasteiger partial charge in [0.15, 0.2) is 0 Å². The summed E-state index contributed by atoms with van der Waals surface area (Å²) in [6, 6.07) is 0.729. The lowest BCUT2D eigenvalue weighted by Gasteiger charge is -2.43. The molecule has 3 heterocycles. The van der Waals surface area contributed by atoms with Crippen LogP contribution in [-0.2, 0) is 16.1 Å². The number of rotatable bonds is 2. The topological polar surface area (TPSA) is 73.0 Å². The number of piperazine rings is 1. The number of nitrogens with zero attached hydrogens (tertiary/aromatic N) is 3. The molecule has 0 aliphatic carbocycles. The average molecular weight is 411 g/mol. The van der Waals surface area contributed by atoms with Gasteiger partial charge >= 0.3 is 0 Å². The summed E-state index contributed by atoms with van der Waals surface area (Å²) in [5.74, 6) is -3.20. The SMILES string of the molecule is [2H]C1([2H])N(c2cc(F)c3c(c2)CN([C@@H]2CCC(=O)NC2=O)C3=O)C([2H])([2H])C([2H])([2H])N(C(C)(C)C)C1([2H])[2H]. The molecule has 0 aromatic heterocycles. The molecule has 1 N–H and O–H groups in total. The normalized spacial score (nSPS) is 34.5. The van der Waals surface area contributed by atoms with Crippen LogP contribution in [0.5, 0.6) is 0 Å². The Balaban J connectivity index is 1.82. The predicted octanol–water partition coefficient (Wildman–Crippen LogP) is 1.51. The third-order valence-electron chi connectivity index (χ3n) is 5.03. The second-order valence-electron chi connectivity index (χ2n) is 8.15. The number of fused-ring (bicyclic) bond motifs is 1. The van der Waals surface area contributed by atoms with E-state index in [0.29, 0.717) is 11.0 Å². The van der Waals surface area contributed by atoms with E-state index in [1.54, 1.807) is 0 Å². The first-order chi connectivity index (χ1) is 16.7. The van der Waals surface area contributed by atoms with Gasteiger partial charge in [-0.15, -0.1) is 0 Å². The standard InChI is InChI=1S/C21H27FN4O3/c1-21(2,3)25-8-6-24(7-9-25)14-10-13-12-26(20(29)18(13)15(22)11-14)16-4-5-17(27)23-19(16)28/h10-11,16H,4-9,12H2,1-3H3,(H,23,27,28)/t16-/m1/s1/i6D2,7D2,8D2,9D2. The van der Waals surface area contributed by atoms with Crippen LogP contribution in [0.25, 0.3) is 0 Å². The number of piperidine rings is 1. The molecule has 0 bridgehead atoms. The lowest BCUT2D eigenvalue weighted by atomic mass is 10.0. The Kier molecular flexibility index (Phi) is 3.00. The molecule has 156 valence electrons. The van der Waals surface area contributed by atoms with Crippen LogP contribution in [0.1, 0.15) is 60.5 Å². The maximum absolute atomic E-state index is 15.3. The van der Waals surface area contributed by atoms with Gasteiger partial charge in [-0.2, -0.15) is 0 Å². The molecule has 4 rings (SSSR count). The van der Waals surface area contributed by atoms with E-state index in [0.717, 1.165) is 11.0 Å². The summed E-state index contributed by atoms with van der Waals surface area (Å²) in [4.78, 5) is 38.6. The Morgan fingerprint density at radius 3 is 2.45 bits per heavy atom. The number of hydrogen-bond acceptors (Lipinski definition) is 5. The van der Waals surface area contributed by atoms with Gasteiger partial charge in [0.05, 0.1) is 11.0 Å². The van der Waals surface area contributed by atoms with Gasteiger partial charge in [0.1, 0.15) is 11.9 Å². The van der Waals surface area contributed by atoms with Crippen LogP contribution in [0.2, 0.25) is 0 Å². The van der Waals surface area contributed by atoms with Crippen molar-refractivity contribution < 1.29 is 29.7 Å². The van der Waals surface area contributed by atoms with E-state index < -0.39 is 72.4 Å². The van der Waals surface area contributed by atoms with Crippen molar-refractivity contribution >= 4 is 23.4 Å². The van der Waals surface area contributed by atoms with Gasteiger partial charge < -0.3 is 9.80 Å². The number of anilines is 1. The smallest absolute Gasteiger partial charge is 0.258 e. The van der Waals surface area contributed by atoms with Crippen molar-refractivity contribution in [1.82, 2.24) is 15.1 Å². The molecule has 29 heavy (non-hydrogen) atoms. The van der Waals surface area contributed by atoms with Crippen LogP contribution >= 0.6 is 0 Å². The summed E-state index contributed by atoms with van der Waals surface area (Å²) in [5, 5.41) is 2.13. The van der Waals surface area contributed by atoms with E-state index in [4.69, 9.17) is 11.0 Å². The molecule has 1 atom stereocenters. The first kappa shape index (κ1) is 12.3. The molecule has 0 spiro atoms. The Morgan fingerprint density at radius 1 is 1.14 bits per heavy atom. The number of carbonyl (C=O) groups is 3. The zero-order valence-corrected chi connectivity index (χ0v) is 16.3. The molecule has 0 radical (unpaired) electrons. The van der Waals surface area contributed by atoms with E-state index in [9.17, 15) is 14.4 Å². The number of benzene rings is 1. The summed E-state index contributed by atoms with van der Waals surface area (Å²) in [6.45, 7) is -8.62. The number of nitrogens with one attached hydrogen (secondary N) is 1. The minimum absolute atomic E-state index is 0.00401. The Labute approximate surface area is 181 Å². The van der Waals surface area contributed by atoms with Gasteiger partial charge in [-0.1, -0.05) is 0 Å². The highest BCUT2D eigenvalue weighted by molar-refractivity contribution is 6.05. The van der Waals surface area contributed by atoms with Gasteiger partial charge in [0, 0.05) is 55.7 Å². The van der Waals surface area contributed by atoms with Crippen molar-refractivity contribution in [3.63, 3.8) is 0 Å². The number of imide groups is 1. The monoisotopic (exact) mass is 410 g/mol. The first-order valence-corrected chi connectivity index (χ1v) is 9.25. The number of hydrogen-bond donors (Lipinski definition) is 1. The van der Waals surface area contributed by atoms with Crippen LogP contribution in [0.15, 0.2) is 12.1 Å². The summed E-state index contributed by atoms with van der Waals surface area (Å²) < 4.78 is 83.9. The fourth-order valence-corrected chi connectivity index (χ4v) is 3.49. The predicted molar refractivity (Wildman–Crippen MR) is 106 cm³/mol. The van der Waals surface area contributed by atoms with Crippen molar-refractivity contribution in [1.29, 1.82) is 0 Å². The molecule has 3 aliphatic heterocycles. The molecule has 0 unspecified atom stereocenters. The molecule has 7 nitrogen and oxygen atoms in total. The quantitative estimate of drug-likeness (QED) is 0.749. The van der Waals surface area contributed by atoms with Crippen LogP contribution in [0.4, 0.5) is 10.1 Å². The Hall–Kier alpha value is -2.48. The van der Waals surface area contributed by atoms with E-state index in [2.05, 4.69) is 5.32 Å². The maximum Gasteiger partial charge on any atom is 0.258 e. The first-order valence-electron chi connectivity index (χ1n) is 13.2. The van der Waals surface area contributed by atoms with Gasteiger partial charge in [0.25, 0.3) is 5.91 Å². The third-order valence-corrected chi connectivity index (χ3v) is 5.03. The van der Waals surface area contributed by atoms with Gasteiger partial charge in [-0.05, 0) is 44.9 Å². The molecule has 3 amide bonds. The van der Waals surface area contributed by atoms with Crippen LogP contribution in [0, 0.1) is 5.82 Å². The van der Waals surface area contributed by atoms with Gasteiger partial charge in [-0.25, -0.2) is 4.39 Å². The van der Waals surface area contributed by atoms with Crippen molar-refractivity contribution in [3.8, 4) is 0 Å². The zero-order valence-electron chi connectivity index (χ0n) is 24.3. The molecule has 2 fully saturated rings. The molecular formula is C21H27FN4O3. The highest BCUT2D eigenvalue weighted by Gasteiger charge is 2.41. The lowest BCUT2D eigenvalue weighted by Crippen LogP contribution is -2.53. The summed E-state index contributed by atoms with van der Waals surface area (Å²) in [7, 11) is 0. The maximum atomic E-state index is 15.3. The van der Waals surface area contributed by atoms with Crippen LogP contribution in [-0.4, -0.2) is 65.1 Å². The summed E-state index contributed by atoms with van der Waals surface area (Å²) >= 11 is 0. The van der Waals surface area contributed by atoms with E-state index in [1.165, 1.54) is 20.8 Å². The van der Waals surface area contributed by atoms with Crippen molar-refractivity contribution in [2.75, 3.05) is 30.9 Å². The fraction of sp³-hybridized carbons (Fsp3) is 0.571. The molecule has 2 saturated heterocycles. The van der Waals surface area contributed by atoms with E-state index in [-0.39, 0.29) is 29.8 Å². The largest absolute Gasteiger partial charge is 0.369 e. The molecule has 0 saturated carbocycles. The minimum atomic E-state index is -3.21. The molecule has 8 heteroatoms. The van der Waals surface area contributed by atoms with Crippen molar-refractivity contribution in [2.24, 2.45) is 0 Å². The van der Waals surface area contributed by atoms with Crippen LogP contribution in [0.3, 0.4) is 0 Å². The molecule has 3 aliphatic rings. The van der Waals surface area contributed by atoms with Crippen molar-refractivity contribution in [2.45, 2.75) is 51.7 Å². The zero-order chi connectivity index (χ0) is 28.1. The second kappa shape index (κ2) is 7.09. The highest BCUT2D eigenvalue weighted by Crippen LogP contribution is 2.33. The second-order valence-corrected chi connectivity index (χ2v) is 8.15. The Morgan fingerprint density at radius 2 is 1.83 bits per heavy atom. The third kappa shape index (κ3) is 3.61. The molecule has 1 aromatic rings. The number of amides is 3. The Bertz CT molecular complexity index is 1170. The van der Waals surface area contributed by atoms with Crippen LogP contribution < -0.4 is 10.2 Å². The minimum Gasteiger partial charge on any atom is -0.369 e. The highest BCUT2D eigenvalue weighted by atomic mass is 19.1. The summed E-state index contributed by atoms with van der Waals surface area (Å²) in [6.07, 6.45) is 0.00600. The fourth-order valence-electron chi connectivity index (χ4n) is 3.49. The van der Waals surface area contributed by atoms with Crippen molar-refractivity contribution in [3.05, 3.63) is 29.1 Å². The number of halogens is 1. The molecule has 1 aromatic carbocycles. The summed E-state index contributed by atoms with van der Waals surface area (Å²) in [5.41, 5.74) is -2.27. The number of carbonyl (C=O) groups excluding carboxylic acids is 3. The van der Waals surface area contributed by atoms with Gasteiger partial charge in [0.2, 0.25) is 11.8 Å². The van der Waals surface area contributed by atoms with E-state index >= 15 is 4.39 Å².